The average Bonchev–Trinajstić information content (AvgIpc) is 3.23. The topological polar surface area (TPSA) is 67.8 Å². The van der Waals surface area contributed by atoms with Crippen molar-refractivity contribution in [2.75, 3.05) is 33.2 Å². The van der Waals surface area contributed by atoms with Gasteiger partial charge in [-0.2, -0.15) is 0 Å². The first-order chi connectivity index (χ1) is 18.0. The number of piperazine rings is 1. The maximum atomic E-state index is 11.0. The molecular weight excluding hydrogens is 482 g/mol. The van der Waals surface area contributed by atoms with Gasteiger partial charge in [-0.1, -0.05) is 48.0 Å². The van der Waals surface area contributed by atoms with E-state index in [0.717, 1.165) is 65.8 Å². The Morgan fingerprint density at radius 1 is 1.00 bits per heavy atom. The zero-order valence-corrected chi connectivity index (χ0v) is 21.4. The first-order valence-electron chi connectivity index (χ1n) is 12.5. The smallest absolute Gasteiger partial charge is 0.199 e. The fourth-order valence-corrected chi connectivity index (χ4v) is 5.12. The third kappa shape index (κ3) is 4.96. The summed E-state index contributed by atoms with van der Waals surface area (Å²) in [6.45, 7) is 5.31. The number of H-pyrrole nitrogens is 1. The maximum absolute atomic E-state index is 11.0. The molecule has 6 rings (SSSR count). The fraction of sp³-hybridized carbons (Fsp3) is 0.200. The highest BCUT2D eigenvalue weighted by atomic mass is 35.5. The summed E-state index contributed by atoms with van der Waals surface area (Å²) in [6, 6.07) is 24.0. The van der Waals surface area contributed by atoms with Gasteiger partial charge in [0.25, 0.3) is 0 Å². The van der Waals surface area contributed by atoms with Crippen LogP contribution in [0, 0.1) is 0 Å². The Morgan fingerprint density at radius 2 is 1.81 bits per heavy atom. The second kappa shape index (κ2) is 9.98. The molecule has 0 bridgehead atoms. The number of pyridine rings is 1. The predicted molar refractivity (Wildman–Crippen MR) is 151 cm³/mol. The van der Waals surface area contributed by atoms with Crippen LogP contribution in [0.2, 0.25) is 5.02 Å². The van der Waals surface area contributed by atoms with E-state index < -0.39 is 0 Å². The lowest BCUT2D eigenvalue weighted by Gasteiger charge is -2.32. The molecule has 0 amide bonds. The molecule has 5 aromatic rings. The summed E-state index contributed by atoms with van der Waals surface area (Å²) >= 11 is 6.22. The molecule has 1 saturated heterocycles. The zero-order valence-electron chi connectivity index (χ0n) is 20.7. The van der Waals surface area contributed by atoms with Crippen LogP contribution in [-0.2, 0) is 6.54 Å². The molecule has 3 heterocycles. The predicted octanol–water partition coefficient (Wildman–Crippen LogP) is 5.99. The number of hydrogen-bond acceptors (Lipinski definition) is 5. The molecule has 1 fully saturated rings. The Hall–Kier alpha value is -3.71. The van der Waals surface area contributed by atoms with Crippen molar-refractivity contribution in [1.82, 2.24) is 19.8 Å². The zero-order chi connectivity index (χ0) is 25.4. The van der Waals surface area contributed by atoms with Crippen LogP contribution < -0.4 is 0 Å². The molecule has 0 saturated carbocycles. The van der Waals surface area contributed by atoms with Crippen LogP contribution in [-0.4, -0.2) is 63.8 Å². The summed E-state index contributed by atoms with van der Waals surface area (Å²) in [7, 11) is 2.17. The van der Waals surface area contributed by atoms with E-state index in [1.807, 2.05) is 60.7 Å². The van der Waals surface area contributed by atoms with Gasteiger partial charge in [0.15, 0.2) is 5.88 Å². The van der Waals surface area contributed by atoms with Crippen molar-refractivity contribution in [3.63, 3.8) is 0 Å². The summed E-state index contributed by atoms with van der Waals surface area (Å²) in [6.07, 6.45) is 1.78. The molecule has 2 aromatic heterocycles. The van der Waals surface area contributed by atoms with Crippen molar-refractivity contribution in [1.29, 1.82) is 0 Å². The molecule has 1 aliphatic rings. The van der Waals surface area contributed by atoms with Gasteiger partial charge in [0.2, 0.25) is 0 Å². The Balaban J connectivity index is 1.41. The molecular formula is C30H28ClN5O. The van der Waals surface area contributed by atoms with E-state index in [4.69, 9.17) is 16.6 Å². The Bertz CT molecular complexity index is 1600. The Kier molecular flexibility index (Phi) is 6.38. The largest absolute Gasteiger partial charge is 0.494 e. The van der Waals surface area contributed by atoms with Gasteiger partial charge in [0, 0.05) is 60.3 Å². The van der Waals surface area contributed by atoms with Gasteiger partial charge in [0.05, 0.1) is 28.0 Å². The maximum Gasteiger partial charge on any atom is 0.199 e. The van der Waals surface area contributed by atoms with Crippen molar-refractivity contribution in [2.45, 2.75) is 6.54 Å². The SMILES string of the molecule is CN1CCN(Cc2ccc(N=C(c3ccc4cccnc4c3)c3c(O)[nH]c4cc(Cl)ccc34)cc2)CC1. The van der Waals surface area contributed by atoms with Crippen LogP contribution in [0.1, 0.15) is 16.7 Å². The quantitative estimate of drug-likeness (QED) is 0.285. The Morgan fingerprint density at radius 3 is 2.62 bits per heavy atom. The lowest BCUT2D eigenvalue weighted by atomic mass is 9.99. The minimum atomic E-state index is 0.0591. The van der Waals surface area contributed by atoms with Gasteiger partial charge in [-0.25, -0.2) is 4.99 Å². The number of aromatic hydroxyl groups is 1. The third-order valence-electron chi connectivity index (χ3n) is 7.04. The summed E-state index contributed by atoms with van der Waals surface area (Å²) in [5.41, 5.74) is 5.91. The van der Waals surface area contributed by atoms with Crippen LogP contribution in [0.25, 0.3) is 21.8 Å². The summed E-state index contributed by atoms with van der Waals surface area (Å²) < 4.78 is 0. The highest BCUT2D eigenvalue weighted by molar-refractivity contribution is 6.31. The van der Waals surface area contributed by atoms with Crippen LogP contribution in [0.5, 0.6) is 5.88 Å². The standard InChI is InChI=1S/C30H28ClN5O/c1-35-13-15-36(16-14-35)19-20-4-9-24(10-5-20)33-29(22-7-6-21-3-2-12-32-26(21)17-22)28-25-11-8-23(31)18-27(25)34-30(28)37/h2-12,17-18,34,37H,13-16,19H2,1H3. The van der Waals surface area contributed by atoms with Crippen LogP contribution in [0.3, 0.4) is 0 Å². The monoisotopic (exact) mass is 509 g/mol. The number of aromatic nitrogens is 2. The van der Waals surface area contributed by atoms with E-state index in [9.17, 15) is 5.11 Å². The molecule has 0 atom stereocenters. The Labute approximate surface area is 220 Å². The molecule has 1 aliphatic heterocycles. The first kappa shape index (κ1) is 23.7. The summed E-state index contributed by atoms with van der Waals surface area (Å²) in [4.78, 5) is 17.5. The number of likely N-dealkylation sites (N-methyl/N-ethyl adjacent to an activating group) is 1. The number of nitrogens with one attached hydrogen (secondary N) is 1. The second-order valence-electron chi connectivity index (χ2n) is 9.66. The van der Waals surface area contributed by atoms with Gasteiger partial charge >= 0.3 is 0 Å². The van der Waals surface area contributed by atoms with E-state index in [0.29, 0.717) is 16.3 Å². The average molecular weight is 510 g/mol. The third-order valence-corrected chi connectivity index (χ3v) is 7.27. The first-order valence-corrected chi connectivity index (χ1v) is 12.9. The summed E-state index contributed by atoms with van der Waals surface area (Å²) in [5.74, 6) is 0.0591. The fourth-order valence-electron chi connectivity index (χ4n) is 4.94. The number of aliphatic imine (C=N–C) groups is 1. The number of rotatable bonds is 5. The number of benzene rings is 3. The van der Waals surface area contributed by atoms with Crippen molar-refractivity contribution in [3.8, 4) is 5.88 Å². The van der Waals surface area contributed by atoms with E-state index in [2.05, 4.69) is 38.9 Å². The molecule has 37 heavy (non-hydrogen) atoms. The number of hydrogen-bond donors (Lipinski definition) is 2. The molecule has 0 unspecified atom stereocenters. The van der Waals surface area contributed by atoms with Crippen molar-refractivity contribution >= 4 is 44.8 Å². The summed E-state index contributed by atoms with van der Waals surface area (Å²) in [5, 5.41) is 13.5. The molecule has 7 heteroatoms. The van der Waals surface area contributed by atoms with E-state index >= 15 is 0 Å². The van der Waals surface area contributed by atoms with Crippen molar-refractivity contribution in [3.05, 3.63) is 101 Å². The van der Waals surface area contributed by atoms with Crippen LogP contribution >= 0.6 is 11.6 Å². The lowest BCUT2D eigenvalue weighted by molar-refractivity contribution is 0.148. The van der Waals surface area contributed by atoms with Crippen LogP contribution in [0.4, 0.5) is 5.69 Å². The number of nitrogens with zero attached hydrogens (tertiary/aromatic N) is 4. The minimum absolute atomic E-state index is 0.0591. The highest BCUT2D eigenvalue weighted by Gasteiger charge is 2.20. The van der Waals surface area contributed by atoms with Crippen molar-refractivity contribution < 1.29 is 5.11 Å². The van der Waals surface area contributed by atoms with Gasteiger partial charge in [-0.3, -0.25) is 9.88 Å². The van der Waals surface area contributed by atoms with Gasteiger partial charge in [0.1, 0.15) is 0 Å². The number of fused-ring (bicyclic) bond motifs is 2. The number of aromatic amines is 1. The molecule has 0 aliphatic carbocycles. The van der Waals surface area contributed by atoms with E-state index in [1.54, 1.807) is 6.20 Å². The number of halogens is 1. The van der Waals surface area contributed by atoms with Crippen LogP contribution in [0.15, 0.2) is 84.0 Å². The highest BCUT2D eigenvalue weighted by Crippen LogP contribution is 2.33. The molecule has 3 aromatic carbocycles. The van der Waals surface area contributed by atoms with Gasteiger partial charge in [-0.15, -0.1) is 0 Å². The molecule has 186 valence electrons. The normalized spacial score (nSPS) is 15.6. The van der Waals surface area contributed by atoms with E-state index in [1.165, 1.54) is 5.56 Å². The van der Waals surface area contributed by atoms with Gasteiger partial charge in [-0.05, 0) is 49.0 Å². The lowest BCUT2D eigenvalue weighted by Crippen LogP contribution is -2.43. The molecule has 0 spiro atoms. The molecule has 0 radical (unpaired) electrons. The second-order valence-corrected chi connectivity index (χ2v) is 10.1. The van der Waals surface area contributed by atoms with Crippen molar-refractivity contribution in [2.24, 2.45) is 4.99 Å². The van der Waals surface area contributed by atoms with Gasteiger partial charge < -0.3 is 15.0 Å². The minimum Gasteiger partial charge on any atom is -0.494 e. The van der Waals surface area contributed by atoms with E-state index in [-0.39, 0.29) is 5.88 Å². The molecule has 6 nitrogen and oxygen atoms in total. The molecule has 2 N–H and O–H groups in total.